The largest absolute Gasteiger partial charge is 0.488 e. The second-order valence-corrected chi connectivity index (χ2v) is 11.1. The summed E-state index contributed by atoms with van der Waals surface area (Å²) < 4.78 is 46.3. The third kappa shape index (κ3) is 9.71. The molecular formula is C30H38F2N4O6. The van der Waals surface area contributed by atoms with Crippen molar-refractivity contribution in [2.75, 3.05) is 19.8 Å². The number of aromatic nitrogens is 2. The maximum absolute atomic E-state index is 14.8. The van der Waals surface area contributed by atoms with E-state index in [0.29, 0.717) is 25.8 Å². The maximum Gasteiger partial charge on any atom is 0.407 e. The lowest BCUT2D eigenvalue weighted by Crippen LogP contribution is -2.45. The molecule has 2 N–H and O–H groups in total. The number of ether oxygens (including phenoxy) is 3. The van der Waals surface area contributed by atoms with Gasteiger partial charge >= 0.3 is 12.2 Å². The maximum atomic E-state index is 14.8. The van der Waals surface area contributed by atoms with Gasteiger partial charge in [-0.2, -0.15) is 5.10 Å². The Balaban J connectivity index is 1.63. The fourth-order valence-electron chi connectivity index (χ4n) is 4.20. The predicted molar refractivity (Wildman–Crippen MR) is 153 cm³/mol. The van der Waals surface area contributed by atoms with Crippen LogP contribution in [0.2, 0.25) is 0 Å². The van der Waals surface area contributed by atoms with E-state index in [0.717, 1.165) is 17.7 Å². The predicted octanol–water partition coefficient (Wildman–Crippen LogP) is 5.26. The lowest BCUT2D eigenvalue weighted by atomic mass is 9.90. The highest BCUT2D eigenvalue weighted by Gasteiger charge is 2.26. The quantitative estimate of drug-likeness (QED) is 0.344. The third-order valence-electron chi connectivity index (χ3n) is 6.02. The number of alkyl carbamates (subject to hydrolysis) is 2. The van der Waals surface area contributed by atoms with Gasteiger partial charge in [0.25, 0.3) is 5.56 Å². The summed E-state index contributed by atoms with van der Waals surface area (Å²) in [5, 5.41) is 9.73. The van der Waals surface area contributed by atoms with E-state index in [1.807, 2.05) is 25.2 Å². The van der Waals surface area contributed by atoms with Crippen molar-refractivity contribution < 1.29 is 32.6 Å². The number of hydrogen-bond donors (Lipinski definition) is 2. The van der Waals surface area contributed by atoms with Crippen LogP contribution in [0.25, 0.3) is 11.3 Å². The number of nitrogens with one attached hydrogen (secondary N) is 2. The minimum Gasteiger partial charge on any atom is -0.488 e. The molecular weight excluding hydrogens is 550 g/mol. The van der Waals surface area contributed by atoms with Crippen LogP contribution in [0.3, 0.4) is 0 Å². The Bertz CT molecular complexity index is 1380. The molecule has 1 aliphatic rings. The molecule has 0 radical (unpaired) electrons. The highest BCUT2D eigenvalue weighted by atomic mass is 19.1. The molecule has 1 unspecified atom stereocenters. The SMILES string of the molecule is CCOC(=O)NC1(C)C=C(Cn2nc(-c3cc(F)c(OCCCCNC(=O)OC(C)(C)C)c(F)c3)ccc2=O)C=CC1. The fraction of sp³-hybridized carbons (Fsp3) is 0.467. The van der Waals surface area contributed by atoms with Gasteiger partial charge in [-0.15, -0.1) is 0 Å². The summed E-state index contributed by atoms with van der Waals surface area (Å²) in [6, 6.07) is 4.86. The van der Waals surface area contributed by atoms with Gasteiger partial charge in [-0.25, -0.2) is 23.1 Å². The molecule has 2 aromatic rings. The summed E-state index contributed by atoms with van der Waals surface area (Å²) in [5.74, 6) is -2.33. The highest BCUT2D eigenvalue weighted by Crippen LogP contribution is 2.28. The molecule has 0 fully saturated rings. The second-order valence-electron chi connectivity index (χ2n) is 11.1. The number of rotatable bonds is 11. The molecule has 0 spiro atoms. The number of benzene rings is 1. The van der Waals surface area contributed by atoms with Gasteiger partial charge in [-0.3, -0.25) is 4.79 Å². The minimum atomic E-state index is -0.907. The van der Waals surface area contributed by atoms with Gasteiger partial charge < -0.3 is 24.8 Å². The zero-order chi connectivity index (χ0) is 30.9. The number of carbonyl (C=O) groups excluding carboxylic acids is 2. The van der Waals surface area contributed by atoms with Crippen LogP contribution in [0.1, 0.15) is 53.9 Å². The summed E-state index contributed by atoms with van der Waals surface area (Å²) in [6.07, 6.45) is 5.95. The zero-order valence-electron chi connectivity index (χ0n) is 24.6. The highest BCUT2D eigenvalue weighted by molar-refractivity contribution is 5.69. The lowest BCUT2D eigenvalue weighted by Gasteiger charge is -2.29. The van der Waals surface area contributed by atoms with E-state index >= 15 is 0 Å². The van der Waals surface area contributed by atoms with Gasteiger partial charge in [0.05, 0.1) is 31.0 Å². The first-order valence-electron chi connectivity index (χ1n) is 13.8. The van der Waals surface area contributed by atoms with E-state index in [1.165, 1.54) is 16.8 Å². The lowest BCUT2D eigenvalue weighted by molar-refractivity contribution is 0.0526. The van der Waals surface area contributed by atoms with E-state index in [9.17, 15) is 23.2 Å². The van der Waals surface area contributed by atoms with Gasteiger partial charge in [0.2, 0.25) is 0 Å². The number of hydrogen-bond acceptors (Lipinski definition) is 7. The van der Waals surface area contributed by atoms with Crippen molar-refractivity contribution in [2.24, 2.45) is 0 Å². The van der Waals surface area contributed by atoms with Crippen LogP contribution < -0.4 is 20.9 Å². The van der Waals surface area contributed by atoms with E-state index in [2.05, 4.69) is 15.7 Å². The first-order valence-corrected chi connectivity index (χ1v) is 13.8. The topological polar surface area (TPSA) is 121 Å². The Labute approximate surface area is 243 Å². The number of carbonyl (C=O) groups is 2. The first-order chi connectivity index (χ1) is 19.8. The molecule has 0 saturated heterocycles. The Morgan fingerprint density at radius 1 is 1.12 bits per heavy atom. The molecule has 10 nitrogen and oxygen atoms in total. The summed E-state index contributed by atoms with van der Waals surface area (Å²) >= 11 is 0. The van der Waals surface area contributed by atoms with Gasteiger partial charge in [0.15, 0.2) is 17.4 Å². The van der Waals surface area contributed by atoms with E-state index in [-0.39, 0.29) is 31.0 Å². The summed E-state index contributed by atoms with van der Waals surface area (Å²) in [6.45, 7) is 9.52. The van der Waals surface area contributed by atoms with Crippen molar-refractivity contribution in [3.63, 3.8) is 0 Å². The second kappa shape index (κ2) is 14.1. The summed E-state index contributed by atoms with van der Waals surface area (Å²) in [7, 11) is 0. The average molecular weight is 589 g/mol. The van der Waals surface area contributed by atoms with Gasteiger partial charge in [-0.05, 0) is 77.7 Å². The Morgan fingerprint density at radius 2 is 1.83 bits per heavy atom. The fourth-order valence-corrected chi connectivity index (χ4v) is 4.20. The van der Waals surface area contributed by atoms with Crippen molar-refractivity contribution in [2.45, 2.75) is 71.6 Å². The molecule has 1 aromatic carbocycles. The monoisotopic (exact) mass is 588 g/mol. The summed E-state index contributed by atoms with van der Waals surface area (Å²) in [4.78, 5) is 36.1. The van der Waals surface area contributed by atoms with Crippen LogP contribution >= 0.6 is 0 Å². The molecule has 12 heteroatoms. The number of nitrogens with zero attached hydrogens (tertiary/aromatic N) is 2. The van der Waals surface area contributed by atoms with Crippen molar-refractivity contribution in [3.8, 4) is 17.0 Å². The van der Waals surface area contributed by atoms with Crippen LogP contribution in [0.15, 0.2) is 52.9 Å². The molecule has 1 heterocycles. The molecule has 1 aliphatic carbocycles. The Morgan fingerprint density at radius 3 is 2.50 bits per heavy atom. The van der Waals surface area contributed by atoms with Gasteiger partial charge in [0.1, 0.15) is 5.60 Å². The number of halogens is 2. The van der Waals surface area contributed by atoms with E-state index in [1.54, 1.807) is 27.7 Å². The van der Waals surface area contributed by atoms with Crippen LogP contribution in [0.4, 0.5) is 18.4 Å². The van der Waals surface area contributed by atoms with Crippen LogP contribution in [-0.2, 0) is 16.0 Å². The molecule has 3 rings (SSSR count). The van der Waals surface area contributed by atoms with Crippen molar-refractivity contribution in [1.82, 2.24) is 20.4 Å². The number of amides is 2. The first kappa shape index (κ1) is 32.3. The summed E-state index contributed by atoms with van der Waals surface area (Å²) in [5.41, 5.74) is -0.670. The van der Waals surface area contributed by atoms with E-state index in [4.69, 9.17) is 14.2 Å². The smallest absolute Gasteiger partial charge is 0.407 e. The molecule has 228 valence electrons. The van der Waals surface area contributed by atoms with Crippen molar-refractivity contribution >= 4 is 12.2 Å². The van der Waals surface area contributed by atoms with Crippen LogP contribution in [-0.4, -0.2) is 52.9 Å². The normalized spacial score (nSPS) is 16.4. The van der Waals surface area contributed by atoms with Crippen molar-refractivity contribution in [3.05, 3.63) is 70.1 Å². The zero-order valence-corrected chi connectivity index (χ0v) is 24.6. The minimum absolute atomic E-state index is 0.0406. The molecule has 0 bridgehead atoms. The molecule has 0 saturated carbocycles. The van der Waals surface area contributed by atoms with Gasteiger partial charge in [0, 0.05) is 18.2 Å². The van der Waals surface area contributed by atoms with Gasteiger partial charge in [-0.1, -0.05) is 18.2 Å². The van der Waals surface area contributed by atoms with E-state index < -0.39 is 46.3 Å². The average Bonchev–Trinajstić information content (AvgIpc) is 2.87. The molecule has 42 heavy (non-hydrogen) atoms. The molecule has 1 atom stereocenters. The standard InChI is InChI=1S/C30H38F2N4O6/c1-6-40-28(39)34-30(5)13-9-10-20(18-30)19-36-25(37)12-11-24(35-36)21-16-22(31)26(23(32)17-21)41-15-8-7-14-33-27(38)42-29(2,3)4/h9-12,16-18H,6-8,13-15,19H2,1-5H3,(H,33,38)(H,34,39). The number of allylic oxidation sites excluding steroid dienone is 2. The molecule has 2 amide bonds. The Hall–Kier alpha value is -4.22. The third-order valence-corrected chi connectivity index (χ3v) is 6.02. The Kier molecular flexibility index (Phi) is 10.8. The van der Waals surface area contributed by atoms with Crippen LogP contribution in [0, 0.1) is 11.6 Å². The molecule has 0 aliphatic heterocycles. The van der Waals surface area contributed by atoms with Crippen LogP contribution in [0.5, 0.6) is 5.75 Å². The molecule has 1 aromatic heterocycles. The number of unbranched alkanes of at least 4 members (excludes halogenated alkanes) is 1. The van der Waals surface area contributed by atoms with Crippen molar-refractivity contribution in [1.29, 1.82) is 0 Å².